The van der Waals surface area contributed by atoms with Crippen LogP contribution in [0.5, 0.6) is 0 Å². The Kier molecular flexibility index (Phi) is 4.43. The van der Waals surface area contributed by atoms with Gasteiger partial charge in [0.1, 0.15) is 5.69 Å². The molecular formula is C15H9Cl4N3O. The van der Waals surface area contributed by atoms with Crippen LogP contribution < -0.4 is 5.32 Å². The largest absolute Gasteiger partial charge is 0.319 e. The van der Waals surface area contributed by atoms with Crippen molar-refractivity contribution in [1.82, 2.24) is 9.38 Å². The second kappa shape index (κ2) is 6.21. The molecule has 0 saturated carbocycles. The summed E-state index contributed by atoms with van der Waals surface area (Å²) in [5, 5.41) is 4.33. The highest BCUT2D eigenvalue weighted by molar-refractivity contribution is 6.37. The lowest BCUT2D eigenvalue weighted by atomic mass is 10.2. The molecule has 4 nitrogen and oxygen atoms in total. The molecule has 0 bridgehead atoms. The van der Waals surface area contributed by atoms with Gasteiger partial charge >= 0.3 is 0 Å². The van der Waals surface area contributed by atoms with Gasteiger partial charge in [0, 0.05) is 11.2 Å². The van der Waals surface area contributed by atoms with Gasteiger partial charge in [-0.2, -0.15) is 0 Å². The SMILES string of the molecule is Cc1nc2c(Cl)cc(Cl)cn2c1C(=O)Nc1ccc(Cl)cc1Cl. The van der Waals surface area contributed by atoms with Gasteiger partial charge in [-0.05, 0) is 31.2 Å². The van der Waals surface area contributed by atoms with E-state index < -0.39 is 0 Å². The molecule has 2 aromatic heterocycles. The first-order valence-electron chi connectivity index (χ1n) is 6.47. The Morgan fingerprint density at radius 1 is 1.09 bits per heavy atom. The molecule has 0 unspecified atom stereocenters. The molecule has 0 aliphatic rings. The quantitative estimate of drug-likeness (QED) is 0.629. The predicted octanol–water partition coefficient (Wildman–Crippen LogP) is 5.51. The molecule has 0 aliphatic heterocycles. The number of carbonyl (C=O) groups excluding carboxylic acids is 1. The summed E-state index contributed by atoms with van der Waals surface area (Å²) in [6, 6.07) is 6.38. The van der Waals surface area contributed by atoms with Gasteiger partial charge in [0.25, 0.3) is 5.91 Å². The Labute approximate surface area is 151 Å². The van der Waals surface area contributed by atoms with E-state index in [2.05, 4.69) is 10.3 Å². The molecule has 0 fully saturated rings. The van der Waals surface area contributed by atoms with Crippen LogP contribution in [0.2, 0.25) is 20.1 Å². The molecule has 1 aromatic carbocycles. The molecule has 0 spiro atoms. The molecule has 0 aliphatic carbocycles. The Balaban J connectivity index is 2.06. The van der Waals surface area contributed by atoms with E-state index in [4.69, 9.17) is 46.4 Å². The minimum Gasteiger partial charge on any atom is -0.319 e. The van der Waals surface area contributed by atoms with Gasteiger partial charge in [-0.15, -0.1) is 0 Å². The molecule has 3 rings (SSSR count). The summed E-state index contributed by atoms with van der Waals surface area (Å²) in [7, 11) is 0. The van der Waals surface area contributed by atoms with Crippen molar-refractivity contribution in [3.8, 4) is 0 Å². The maximum atomic E-state index is 12.6. The third kappa shape index (κ3) is 3.12. The highest BCUT2D eigenvalue weighted by atomic mass is 35.5. The van der Waals surface area contributed by atoms with Crippen molar-refractivity contribution in [2.24, 2.45) is 0 Å². The van der Waals surface area contributed by atoms with Gasteiger partial charge in [-0.3, -0.25) is 9.20 Å². The zero-order valence-electron chi connectivity index (χ0n) is 11.7. The van der Waals surface area contributed by atoms with E-state index in [0.29, 0.717) is 42.8 Å². The zero-order valence-corrected chi connectivity index (χ0v) is 14.7. The first kappa shape index (κ1) is 16.4. The highest BCUT2D eigenvalue weighted by Crippen LogP contribution is 2.28. The number of hydrogen-bond acceptors (Lipinski definition) is 2. The van der Waals surface area contributed by atoms with Crippen molar-refractivity contribution in [2.45, 2.75) is 6.92 Å². The van der Waals surface area contributed by atoms with E-state index in [1.54, 1.807) is 41.8 Å². The van der Waals surface area contributed by atoms with Crippen LogP contribution in [-0.4, -0.2) is 15.3 Å². The highest BCUT2D eigenvalue weighted by Gasteiger charge is 2.19. The summed E-state index contributed by atoms with van der Waals surface area (Å²) in [6.45, 7) is 1.72. The number of fused-ring (bicyclic) bond motifs is 1. The molecule has 118 valence electrons. The van der Waals surface area contributed by atoms with Crippen LogP contribution in [0, 0.1) is 6.92 Å². The number of anilines is 1. The Morgan fingerprint density at radius 2 is 1.78 bits per heavy atom. The summed E-state index contributed by atoms with van der Waals surface area (Å²) in [4.78, 5) is 16.9. The van der Waals surface area contributed by atoms with Crippen molar-refractivity contribution in [3.05, 3.63) is 61.9 Å². The fourth-order valence-electron chi connectivity index (χ4n) is 2.23. The van der Waals surface area contributed by atoms with Crippen LogP contribution in [-0.2, 0) is 0 Å². The Bertz CT molecular complexity index is 936. The number of hydrogen-bond donors (Lipinski definition) is 1. The molecular weight excluding hydrogens is 380 g/mol. The summed E-state index contributed by atoms with van der Waals surface area (Å²) >= 11 is 24.1. The monoisotopic (exact) mass is 387 g/mol. The number of imidazole rings is 1. The fourth-order valence-corrected chi connectivity index (χ4v) is 3.20. The summed E-state index contributed by atoms with van der Waals surface area (Å²) < 4.78 is 1.55. The molecule has 23 heavy (non-hydrogen) atoms. The van der Waals surface area contributed by atoms with Crippen LogP contribution in [0.15, 0.2) is 30.5 Å². The normalized spacial score (nSPS) is 11.0. The molecule has 2 heterocycles. The number of rotatable bonds is 2. The van der Waals surface area contributed by atoms with E-state index >= 15 is 0 Å². The number of carbonyl (C=O) groups is 1. The van der Waals surface area contributed by atoms with E-state index in [1.165, 1.54) is 0 Å². The topological polar surface area (TPSA) is 46.4 Å². The molecule has 1 N–H and O–H groups in total. The Morgan fingerprint density at radius 3 is 2.48 bits per heavy atom. The van der Waals surface area contributed by atoms with Crippen molar-refractivity contribution in [3.63, 3.8) is 0 Å². The van der Waals surface area contributed by atoms with Gasteiger partial charge in [-0.1, -0.05) is 46.4 Å². The van der Waals surface area contributed by atoms with Crippen molar-refractivity contribution >= 4 is 63.6 Å². The number of pyridine rings is 1. The number of aryl methyl sites for hydroxylation is 1. The summed E-state index contributed by atoms with van der Waals surface area (Å²) in [5.41, 5.74) is 1.76. The average Bonchev–Trinajstić information content (AvgIpc) is 2.78. The first-order chi connectivity index (χ1) is 10.9. The lowest BCUT2D eigenvalue weighted by Crippen LogP contribution is -2.16. The summed E-state index contributed by atoms with van der Waals surface area (Å²) in [5.74, 6) is -0.377. The molecule has 8 heteroatoms. The maximum absolute atomic E-state index is 12.6. The first-order valence-corrected chi connectivity index (χ1v) is 7.98. The third-order valence-electron chi connectivity index (χ3n) is 3.21. The molecule has 0 atom stereocenters. The second-order valence-corrected chi connectivity index (χ2v) is 6.51. The van der Waals surface area contributed by atoms with Crippen LogP contribution in [0.25, 0.3) is 5.65 Å². The van der Waals surface area contributed by atoms with Crippen LogP contribution in [0.3, 0.4) is 0 Å². The minimum atomic E-state index is -0.377. The van der Waals surface area contributed by atoms with Crippen LogP contribution in [0.1, 0.15) is 16.2 Å². The number of amides is 1. The number of aromatic nitrogens is 2. The number of benzene rings is 1. The van der Waals surface area contributed by atoms with E-state index in [9.17, 15) is 4.79 Å². The molecule has 1 amide bonds. The minimum absolute atomic E-state index is 0.329. The average molecular weight is 389 g/mol. The molecule has 0 radical (unpaired) electrons. The number of halogens is 4. The predicted molar refractivity (Wildman–Crippen MR) is 94.4 cm³/mol. The van der Waals surface area contributed by atoms with E-state index in [-0.39, 0.29) is 5.91 Å². The standard InChI is InChI=1S/C15H9Cl4N3O/c1-7-13(22-6-9(17)5-11(19)14(22)20-7)15(23)21-12-3-2-8(16)4-10(12)18/h2-6H,1H3,(H,21,23). The van der Waals surface area contributed by atoms with Crippen LogP contribution >= 0.6 is 46.4 Å². The Hall–Kier alpha value is -1.46. The molecule has 0 saturated heterocycles. The zero-order chi connectivity index (χ0) is 16.7. The number of nitrogens with one attached hydrogen (secondary N) is 1. The van der Waals surface area contributed by atoms with Crippen molar-refractivity contribution < 1.29 is 4.79 Å². The van der Waals surface area contributed by atoms with Crippen molar-refractivity contribution in [2.75, 3.05) is 5.32 Å². The fraction of sp³-hybridized carbons (Fsp3) is 0.0667. The van der Waals surface area contributed by atoms with Gasteiger partial charge in [0.2, 0.25) is 0 Å². The van der Waals surface area contributed by atoms with Crippen molar-refractivity contribution in [1.29, 1.82) is 0 Å². The second-order valence-electron chi connectivity index (χ2n) is 4.82. The smallest absolute Gasteiger partial charge is 0.274 e. The van der Waals surface area contributed by atoms with E-state index in [0.717, 1.165) is 0 Å². The lowest BCUT2D eigenvalue weighted by Gasteiger charge is -2.08. The van der Waals surface area contributed by atoms with Crippen LogP contribution in [0.4, 0.5) is 5.69 Å². The third-order valence-corrected chi connectivity index (χ3v) is 4.24. The van der Waals surface area contributed by atoms with Gasteiger partial charge in [-0.25, -0.2) is 4.98 Å². The van der Waals surface area contributed by atoms with Gasteiger partial charge in [0.05, 0.1) is 26.4 Å². The summed E-state index contributed by atoms with van der Waals surface area (Å²) in [6.07, 6.45) is 1.58. The number of nitrogens with zero attached hydrogens (tertiary/aromatic N) is 2. The van der Waals surface area contributed by atoms with Gasteiger partial charge in [0.15, 0.2) is 5.65 Å². The molecule has 3 aromatic rings. The van der Waals surface area contributed by atoms with Gasteiger partial charge < -0.3 is 5.32 Å². The lowest BCUT2D eigenvalue weighted by molar-refractivity contribution is 0.102. The maximum Gasteiger partial charge on any atom is 0.274 e. The van der Waals surface area contributed by atoms with E-state index in [1.807, 2.05) is 0 Å².